The average molecular weight is 466 g/mol. The van der Waals surface area contributed by atoms with Gasteiger partial charge in [0.25, 0.3) is 5.24 Å². The van der Waals surface area contributed by atoms with E-state index < -0.39 is 0 Å². The molecule has 4 heterocycles. The number of benzene rings is 1. The van der Waals surface area contributed by atoms with E-state index in [9.17, 15) is 14.4 Å². The molecule has 5 rings (SSSR count). The molecule has 11 heteroatoms. The number of nitrogens with zero attached hydrogens (tertiary/aromatic N) is 3. The fourth-order valence-corrected chi connectivity index (χ4v) is 5.30. The van der Waals surface area contributed by atoms with Gasteiger partial charge >= 0.3 is 0 Å². The van der Waals surface area contributed by atoms with Crippen LogP contribution < -0.4 is 10.9 Å². The number of imide groups is 1. The lowest BCUT2D eigenvalue weighted by Gasteiger charge is -2.31. The first kappa shape index (κ1) is 19.7. The molecule has 1 saturated heterocycles. The summed E-state index contributed by atoms with van der Waals surface area (Å²) in [5.74, 6) is -0.472. The number of halogens is 2. The Morgan fingerprint density at radius 1 is 1.20 bits per heavy atom. The summed E-state index contributed by atoms with van der Waals surface area (Å²) in [4.78, 5) is 39.4. The van der Waals surface area contributed by atoms with E-state index in [4.69, 9.17) is 23.2 Å². The molecule has 2 N–H and O–H groups in total. The van der Waals surface area contributed by atoms with E-state index in [1.165, 1.54) is 0 Å². The number of carbonyl (C=O) groups is 3. The van der Waals surface area contributed by atoms with Gasteiger partial charge in [-0.05, 0) is 11.6 Å². The molecule has 1 aromatic heterocycles. The maximum atomic E-state index is 12.9. The van der Waals surface area contributed by atoms with Crippen molar-refractivity contribution in [1.82, 2.24) is 25.2 Å². The molecule has 0 saturated carbocycles. The molecular weight excluding hydrogens is 449 g/mol. The van der Waals surface area contributed by atoms with E-state index in [-0.39, 0.29) is 29.4 Å². The highest BCUT2D eigenvalue weighted by molar-refractivity contribution is 8.14. The molecule has 156 valence electrons. The minimum Gasteiger partial charge on any atom is -0.339 e. The van der Waals surface area contributed by atoms with Crippen LogP contribution in [0.3, 0.4) is 0 Å². The summed E-state index contributed by atoms with van der Waals surface area (Å²) < 4.78 is 2.11. The van der Waals surface area contributed by atoms with E-state index in [1.54, 1.807) is 11.0 Å². The lowest BCUT2D eigenvalue weighted by molar-refractivity contribution is -0.137. The predicted octanol–water partition coefficient (Wildman–Crippen LogP) is 2.43. The Balaban J connectivity index is 1.53. The summed E-state index contributed by atoms with van der Waals surface area (Å²) in [5.41, 5.74) is 9.97. The van der Waals surface area contributed by atoms with E-state index in [2.05, 4.69) is 15.4 Å². The van der Waals surface area contributed by atoms with E-state index in [0.29, 0.717) is 36.2 Å². The Labute approximate surface area is 186 Å². The smallest absolute Gasteiger partial charge is 0.289 e. The van der Waals surface area contributed by atoms with Crippen LogP contribution in [0.4, 0.5) is 4.79 Å². The highest BCUT2D eigenvalue weighted by Gasteiger charge is 2.35. The molecule has 30 heavy (non-hydrogen) atoms. The fourth-order valence-electron chi connectivity index (χ4n) is 4.16. The van der Waals surface area contributed by atoms with Crippen LogP contribution in [0.1, 0.15) is 11.3 Å². The molecule has 8 nitrogen and oxygen atoms in total. The SMILES string of the molecule is O=C(CN1C(=O)CSC1=O)N1CCn2c(c(C3=CNNC3)c3ccc(Cl)c(Cl)c32)C1. The molecular formula is C19H17Cl2N5O3S. The molecule has 0 aliphatic carbocycles. The number of nitrogens with one attached hydrogen (secondary N) is 2. The molecule has 0 atom stereocenters. The van der Waals surface area contributed by atoms with E-state index in [0.717, 1.165) is 44.4 Å². The standard InChI is InChI=1S/C19H17Cl2N5O3S/c20-12-2-1-11-16(10-5-22-23-6-10)13-7-24(3-4-25(13)18(11)17(12)21)14(27)8-26-15(28)9-30-19(26)29/h1-2,5,22-23H,3-4,6-9H2. The summed E-state index contributed by atoms with van der Waals surface area (Å²) in [6.07, 6.45) is 1.90. The molecule has 1 aromatic carbocycles. The van der Waals surface area contributed by atoms with Gasteiger partial charge in [0.05, 0.1) is 27.9 Å². The van der Waals surface area contributed by atoms with Crippen LogP contribution in [0.5, 0.6) is 0 Å². The van der Waals surface area contributed by atoms with Crippen molar-refractivity contribution < 1.29 is 14.4 Å². The maximum absolute atomic E-state index is 12.9. The first-order chi connectivity index (χ1) is 14.5. The van der Waals surface area contributed by atoms with Crippen LogP contribution in [0.2, 0.25) is 10.0 Å². The second kappa shape index (κ2) is 7.49. The van der Waals surface area contributed by atoms with Crippen molar-refractivity contribution in [3.8, 4) is 0 Å². The Kier molecular flexibility index (Phi) is 4.93. The van der Waals surface area contributed by atoms with Gasteiger partial charge in [-0.3, -0.25) is 19.3 Å². The number of rotatable bonds is 3. The number of hydrogen-bond donors (Lipinski definition) is 2. The van der Waals surface area contributed by atoms with Gasteiger partial charge in [0.15, 0.2) is 0 Å². The Hall–Kier alpha value is -2.20. The third kappa shape index (κ3) is 3.08. The Morgan fingerprint density at radius 3 is 2.73 bits per heavy atom. The molecule has 2 aromatic rings. The summed E-state index contributed by atoms with van der Waals surface area (Å²) in [6, 6.07) is 3.73. The minimum absolute atomic E-state index is 0.0952. The van der Waals surface area contributed by atoms with Crippen LogP contribution in [0.15, 0.2) is 18.3 Å². The zero-order valence-electron chi connectivity index (χ0n) is 15.7. The topological polar surface area (TPSA) is 86.7 Å². The van der Waals surface area contributed by atoms with Crippen LogP contribution in [-0.2, 0) is 22.7 Å². The van der Waals surface area contributed by atoms with Crippen molar-refractivity contribution >= 4 is 68.5 Å². The van der Waals surface area contributed by atoms with Crippen molar-refractivity contribution in [3.63, 3.8) is 0 Å². The fraction of sp³-hybridized carbons (Fsp3) is 0.316. The highest BCUT2D eigenvalue weighted by atomic mass is 35.5. The van der Waals surface area contributed by atoms with Gasteiger partial charge < -0.3 is 14.9 Å². The summed E-state index contributed by atoms with van der Waals surface area (Å²) in [5, 5.41) is 1.59. The number of aromatic nitrogens is 1. The zero-order valence-corrected chi connectivity index (χ0v) is 18.0. The third-order valence-electron chi connectivity index (χ3n) is 5.59. The van der Waals surface area contributed by atoms with Crippen LogP contribution in [0.25, 0.3) is 16.5 Å². The number of carbonyl (C=O) groups excluding carboxylic acids is 3. The maximum Gasteiger partial charge on any atom is 0.289 e. The highest BCUT2D eigenvalue weighted by Crippen LogP contribution is 2.40. The monoisotopic (exact) mass is 465 g/mol. The molecule has 0 radical (unpaired) electrons. The molecule has 3 aliphatic heterocycles. The summed E-state index contributed by atoms with van der Waals surface area (Å²) >= 11 is 13.8. The number of fused-ring (bicyclic) bond motifs is 3. The van der Waals surface area contributed by atoms with Gasteiger partial charge in [0.1, 0.15) is 6.54 Å². The van der Waals surface area contributed by atoms with Crippen LogP contribution in [0, 0.1) is 0 Å². The van der Waals surface area contributed by atoms with Crippen LogP contribution >= 0.6 is 35.0 Å². The summed E-state index contributed by atoms with van der Waals surface area (Å²) in [7, 11) is 0. The van der Waals surface area contributed by atoms with Gasteiger partial charge in [-0.25, -0.2) is 5.43 Å². The van der Waals surface area contributed by atoms with Gasteiger partial charge in [-0.15, -0.1) is 0 Å². The number of hydrazine groups is 1. The number of thioether (sulfide) groups is 1. The molecule has 1 fully saturated rings. The lowest BCUT2D eigenvalue weighted by atomic mass is 10.0. The molecule has 0 spiro atoms. The molecule has 0 bridgehead atoms. The van der Waals surface area contributed by atoms with Gasteiger partial charge in [0, 0.05) is 42.5 Å². The first-order valence-corrected chi connectivity index (χ1v) is 11.1. The van der Waals surface area contributed by atoms with Crippen molar-refractivity contribution in [2.24, 2.45) is 0 Å². The van der Waals surface area contributed by atoms with Crippen LogP contribution in [-0.4, -0.2) is 56.8 Å². The molecule has 0 unspecified atom stereocenters. The number of hydrogen-bond acceptors (Lipinski definition) is 6. The second-order valence-corrected chi connectivity index (χ2v) is 8.96. The van der Waals surface area contributed by atoms with Crippen molar-refractivity contribution in [1.29, 1.82) is 0 Å². The summed E-state index contributed by atoms with van der Waals surface area (Å²) in [6.45, 7) is 1.77. The molecule has 3 amide bonds. The third-order valence-corrected chi connectivity index (χ3v) is 7.24. The first-order valence-electron chi connectivity index (χ1n) is 9.37. The lowest BCUT2D eigenvalue weighted by Crippen LogP contribution is -2.45. The normalized spacial score (nSPS) is 18.8. The largest absolute Gasteiger partial charge is 0.339 e. The molecule has 3 aliphatic rings. The van der Waals surface area contributed by atoms with Gasteiger partial charge in [0.2, 0.25) is 11.8 Å². The second-order valence-electron chi connectivity index (χ2n) is 7.25. The quantitative estimate of drug-likeness (QED) is 0.723. The van der Waals surface area contributed by atoms with Gasteiger partial charge in [-0.2, -0.15) is 0 Å². The van der Waals surface area contributed by atoms with Crippen molar-refractivity contribution in [2.75, 3.05) is 25.4 Å². The minimum atomic E-state index is -0.366. The predicted molar refractivity (Wildman–Crippen MR) is 116 cm³/mol. The number of amides is 3. The van der Waals surface area contributed by atoms with E-state index in [1.807, 2.05) is 12.3 Å². The van der Waals surface area contributed by atoms with E-state index >= 15 is 0 Å². The Bertz CT molecular complexity index is 1130. The zero-order chi connectivity index (χ0) is 21.0. The average Bonchev–Trinajstić information content (AvgIpc) is 3.44. The Morgan fingerprint density at radius 2 is 2.03 bits per heavy atom. The van der Waals surface area contributed by atoms with Gasteiger partial charge in [-0.1, -0.05) is 41.0 Å². The van der Waals surface area contributed by atoms with Crippen molar-refractivity contribution in [2.45, 2.75) is 13.1 Å². The van der Waals surface area contributed by atoms with Crippen molar-refractivity contribution in [3.05, 3.63) is 39.6 Å².